The van der Waals surface area contributed by atoms with Crippen molar-refractivity contribution in [3.63, 3.8) is 0 Å². The molecule has 0 radical (unpaired) electrons. The van der Waals surface area contributed by atoms with E-state index >= 15 is 0 Å². The van der Waals surface area contributed by atoms with E-state index in [0.29, 0.717) is 18.8 Å². The van der Waals surface area contributed by atoms with Crippen LogP contribution in [-0.4, -0.2) is 36.1 Å². The van der Waals surface area contributed by atoms with Gasteiger partial charge in [-0.05, 0) is 20.8 Å². The number of hydrogen-bond acceptors (Lipinski definition) is 3. The lowest BCUT2D eigenvalue weighted by molar-refractivity contribution is 0.198. The van der Waals surface area contributed by atoms with Gasteiger partial charge in [0.25, 0.3) is 0 Å². The molecule has 1 aromatic rings. The van der Waals surface area contributed by atoms with E-state index in [1.165, 1.54) is 0 Å². The van der Waals surface area contributed by atoms with E-state index in [1.807, 2.05) is 20.8 Å². The minimum absolute atomic E-state index is 0.0908. The fraction of sp³-hybridized carbons (Fsp3) is 0.636. The number of ether oxygens (including phenoxy) is 1. The zero-order valence-electron chi connectivity index (χ0n) is 10.8. The maximum atomic E-state index is 11.4. The van der Waals surface area contributed by atoms with Crippen molar-refractivity contribution in [2.75, 3.05) is 25.6 Å². The summed E-state index contributed by atoms with van der Waals surface area (Å²) in [6, 6.07) is -0.254. The first-order chi connectivity index (χ1) is 7.93. The standard InChI is InChI=1S/C11H20N4O2/c1-11(2,3)15-8-9(7-13-15)14-10(16)12-5-6-17-4/h7-8H,5-6H2,1-4H3,(H2,12,14,16). The lowest BCUT2D eigenvalue weighted by Crippen LogP contribution is -2.31. The molecule has 0 saturated heterocycles. The Kier molecular flexibility index (Phi) is 4.51. The van der Waals surface area contributed by atoms with Crippen LogP contribution in [0.25, 0.3) is 0 Å². The van der Waals surface area contributed by atoms with E-state index in [1.54, 1.807) is 24.2 Å². The van der Waals surface area contributed by atoms with Crippen molar-refractivity contribution in [2.45, 2.75) is 26.3 Å². The van der Waals surface area contributed by atoms with E-state index < -0.39 is 0 Å². The number of nitrogens with zero attached hydrogens (tertiary/aromatic N) is 2. The molecule has 6 nitrogen and oxygen atoms in total. The van der Waals surface area contributed by atoms with Gasteiger partial charge in [-0.25, -0.2) is 4.79 Å². The lowest BCUT2D eigenvalue weighted by Gasteiger charge is -2.18. The molecule has 0 saturated carbocycles. The van der Waals surface area contributed by atoms with Crippen molar-refractivity contribution in [1.82, 2.24) is 15.1 Å². The van der Waals surface area contributed by atoms with E-state index in [4.69, 9.17) is 4.74 Å². The molecule has 17 heavy (non-hydrogen) atoms. The van der Waals surface area contributed by atoms with Crippen LogP contribution < -0.4 is 10.6 Å². The fourth-order valence-electron chi connectivity index (χ4n) is 1.20. The average Bonchev–Trinajstić information content (AvgIpc) is 2.66. The number of urea groups is 1. The molecule has 0 bridgehead atoms. The van der Waals surface area contributed by atoms with Gasteiger partial charge >= 0.3 is 6.03 Å². The number of amides is 2. The largest absolute Gasteiger partial charge is 0.383 e. The third kappa shape index (κ3) is 4.44. The van der Waals surface area contributed by atoms with Gasteiger partial charge in [0.1, 0.15) is 0 Å². The van der Waals surface area contributed by atoms with E-state index in [9.17, 15) is 4.79 Å². The molecule has 0 spiro atoms. The highest BCUT2D eigenvalue weighted by Gasteiger charge is 2.14. The van der Waals surface area contributed by atoms with E-state index in [0.717, 1.165) is 0 Å². The second-order valence-corrected chi connectivity index (χ2v) is 4.72. The molecule has 1 rings (SSSR count). The molecule has 2 N–H and O–H groups in total. The molecule has 1 aromatic heterocycles. The molecular formula is C11H20N4O2. The van der Waals surface area contributed by atoms with Gasteiger partial charge in [-0.3, -0.25) is 4.68 Å². The minimum atomic E-state index is -0.254. The van der Waals surface area contributed by atoms with Gasteiger partial charge in [-0.2, -0.15) is 5.10 Å². The van der Waals surface area contributed by atoms with Crippen molar-refractivity contribution in [2.24, 2.45) is 0 Å². The summed E-state index contributed by atoms with van der Waals surface area (Å²) in [6.45, 7) is 7.11. The first-order valence-corrected chi connectivity index (χ1v) is 5.52. The molecule has 0 atom stereocenters. The van der Waals surface area contributed by atoms with Crippen LogP contribution in [0.3, 0.4) is 0 Å². The first-order valence-electron chi connectivity index (χ1n) is 5.52. The van der Waals surface area contributed by atoms with Crippen molar-refractivity contribution in [3.8, 4) is 0 Å². The molecule has 1 heterocycles. The SMILES string of the molecule is COCCNC(=O)Nc1cnn(C(C)(C)C)c1. The number of hydrogen-bond donors (Lipinski definition) is 2. The summed E-state index contributed by atoms with van der Waals surface area (Å²) < 4.78 is 6.64. The third-order valence-electron chi connectivity index (χ3n) is 2.12. The second-order valence-electron chi connectivity index (χ2n) is 4.72. The zero-order valence-corrected chi connectivity index (χ0v) is 10.8. The van der Waals surface area contributed by atoms with Gasteiger partial charge in [0, 0.05) is 19.9 Å². The normalized spacial score (nSPS) is 11.3. The Morgan fingerprint density at radius 1 is 1.53 bits per heavy atom. The Labute approximate surface area is 101 Å². The zero-order chi connectivity index (χ0) is 12.9. The van der Waals surface area contributed by atoms with Gasteiger partial charge in [0.2, 0.25) is 0 Å². The Bertz CT molecular complexity index is 368. The van der Waals surface area contributed by atoms with Crippen LogP contribution >= 0.6 is 0 Å². The molecule has 0 aliphatic carbocycles. The van der Waals surface area contributed by atoms with Crippen molar-refractivity contribution >= 4 is 11.7 Å². The monoisotopic (exact) mass is 240 g/mol. The molecule has 2 amide bonds. The number of carbonyl (C=O) groups is 1. The van der Waals surface area contributed by atoms with Crippen LogP contribution in [0.2, 0.25) is 0 Å². The molecule has 0 aromatic carbocycles. The fourth-order valence-corrected chi connectivity index (χ4v) is 1.20. The van der Waals surface area contributed by atoms with Crippen LogP contribution in [0.1, 0.15) is 20.8 Å². The van der Waals surface area contributed by atoms with Crippen LogP contribution in [0.5, 0.6) is 0 Å². The number of carbonyl (C=O) groups excluding carboxylic acids is 1. The van der Waals surface area contributed by atoms with E-state index in [2.05, 4.69) is 15.7 Å². The minimum Gasteiger partial charge on any atom is -0.383 e. The Morgan fingerprint density at radius 3 is 2.76 bits per heavy atom. The summed E-state index contributed by atoms with van der Waals surface area (Å²) in [7, 11) is 1.59. The van der Waals surface area contributed by atoms with E-state index in [-0.39, 0.29) is 11.6 Å². The number of rotatable bonds is 4. The number of aromatic nitrogens is 2. The topological polar surface area (TPSA) is 68.2 Å². The van der Waals surface area contributed by atoms with Crippen LogP contribution in [-0.2, 0) is 10.3 Å². The first kappa shape index (κ1) is 13.5. The smallest absolute Gasteiger partial charge is 0.319 e. The lowest BCUT2D eigenvalue weighted by atomic mass is 10.1. The van der Waals surface area contributed by atoms with Crippen LogP contribution in [0, 0.1) is 0 Å². The highest BCUT2D eigenvalue weighted by Crippen LogP contribution is 2.15. The van der Waals surface area contributed by atoms with Crippen LogP contribution in [0.4, 0.5) is 10.5 Å². The number of nitrogens with one attached hydrogen (secondary N) is 2. The third-order valence-corrected chi connectivity index (χ3v) is 2.12. The Hall–Kier alpha value is -1.56. The van der Waals surface area contributed by atoms with Crippen molar-refractivity contribution < 1.29 is 9.53 Å². The number of methoxy groups -OCH3 is 1. The van der Waals surface area contributed by atoms with Crippen LogP contribution in [0.15, 0.2) is 12.4 Å². The van der Waals surface area contributed by atoms with Gasteiger partial charge in [-0.1, -0.05) is 0 Å². The Balaban J connectivity index is 2.46. The molecule has 0 aliphatic rings. The summed E-state index contributed by atoms with van der Waals surface area (Å²) in [5.74, 6) is 0. The maximum absolute atomic E-state index is 11.4. The molecular weight excluding hydrogens is 220 g/mol. The van der Waals surface area contributed by atoms with Crippen molar-refractivity contribution in [3.05, 3.63) is 12.4 Å². The summed E-state index contributed by atoms with van der Waals surface area (Å²) >= 11 is 0. The Morgan fingerprint density at radius 2 is 2.24 bits per heavy atom. The summed E-state index contributed by atoms with van der Waals surface area (Å²) in [4.78, 5) is 11.4. The quantitative estimate of drug-likeness (QED) is 0.782. The maximum Gasteiger partial charge on any atom is 0.319 e. The molecule has 6 heteroatoms. The average molecular weight is 240 g/mol. The molecule has 0 fully saturated rings. The van der Waals surface area contributed by atoms with Crippen molar-refractivity contribution in [1.29, 1.82) is 0 Å². The molecule has 0 aliphatic heterocycles. The summed E-state index contributed by atoms with van der Waals surface area (Å²) in [5, 5.41) is 9.56. The molecule has 0 unspecified atom stereocenters. The molecule has 96 valence electrons. The highest BCUT2D eigenvalue weighted by molar-refractivity contribution is 5.88. The highest BCUT2D eigenvalue weighted by atomic mass is 16.5. The second kappa shape index (κ2) is 5.67. The van der Waals surface area contributed by atoms with Gasteiger partial charge in [-0.15, -0.1) is 0 Å². The van der Waals surface area contributed by atoms with Gasteiger partial charge < -0.3 is 15.4 Å². The predicted octanol–water partition coefficient (Wildman–Crippen LogP) is 1.41. The van der Waals surface area contributed by atoms with Gasteiger partial charge in [0.15, 0.2) is 0 Å². The summed E-state index contributed by atoms with van der Waals surface area (Å²) in [5.41, 5.74) is 0.585. The van der Waals surface area contributed by atoms with Gasteiger partial charge in [0.05, 0.1) is 24.0 Å². The summed E-state index contributed by atoms with van der Waals surface area (Å²) in [6.07, 6.45) is 3.43. The number of anilines is 1. The predicted molar refractivity (Wildman–Crippen MR) is 66.1 cm³/mol.